The molecule has 3 aromatic heterocycles. The van der Waals surface area contributed by atoms with Crippen molar-refractivity contribution in [3.05, 3.63) is 41.1 Å². The molecule has 2 amide bonds. The minimum absolute atomic E-state index is 0.188. The van der Waals surface area contributed by atoms with Crippen LogP contribution in [0.5, 0.6) is 0 Å². The van der Waals surface area contributed by atoms with Crippen LogP contribution >= 0.6 is 0 Å². The molecule has 3 aromatic rings. The van der Waals surface area contributed by atoms with E-state index in [1.165, 1.54) is 6.20 Å². The lowest BCUT2D eigenvalue weighted by atomic mass is 10.2. The van der Waals surface area contributed by atoms with Crippen LogP contribution < -0.4 is 10.6 Å². The Kier molecular flexibility index (Phi) is 5.43. The van der Waals surface area contributed by atoms with Gasteiger partial charge in [-0.15, -0.1) is 0 Å². The molecule has 0 unspecified atom stereocenters. The highest BCUT2D eigenvalue weighted by Crippen LogP contribution is 2.18. The number of nitrogens with one attached hydrogen (secondary N) is 2. The van der Waals surface area contributed by atoms with E-state index in [0.29, 0.717) is 35.9 Å². The Labute approximate surface area is 163 Å². The summed E-state index contributed by atoms with van der Waals surface area (Å²) in [6.45, 7) is 10.8. The summed E-state index contributed by atoms with van der Waals surface area (Å²) in [6, 6.07) is 1.89. The summed E-state index contributed by atoms with van der Waals surface area (Å²) in [5.74, 6) is -0.395. The molecule has 0 aliphatic heterocycles. The van der Waals surface area contributed by atoms with Crippen LogP contribution in [0.1, 0.15) is 53.0 Å². The molecule has 3 rings (SSSR count). The van der Waals surface area contributed by atoms with Crippen molar-refractivity contribution in [3.8, 4) is 0 Å². The molecule has 0 saturated carbocycles. The van der Waals surface area contributed by atoms with Crippen LogP contribution in [0.2, 0.25) is 0 Å². The van der Waals surface area contributed by atoms with Gasteiger partial charge < -0.3 is 10.6 Å². The highest BCUT2D eigenvalue weighted by atomic mass is 16.2. The summed E-state index contributed by atoms with van der Waals surface area (Å²) in [6.07, 6.45) is 3.13. The molecule has 0 spiro atoms. The van der Waals surface area contributed by atoms with Crippen molar-refractivity contribution in [3.63, 3.8) is 0 Å². The van der Waals surface area contributed by atoms with Gasteiger partial charge in [-0.1, -0.05) is 13.8 Å². The molecule has 0 saturated heterocycles. The first-order valence-electron chi connectivity index (χ1n) is 9.29. The third-order valence-electron chi connectivity index (χ3n) is 4.24. The lowest BCUT2D eigenvalue weighted by Gasteiger charge is -2.08. The van der Waals surface area contributed by atoms with E-state index >= 15 is 0 Å². The van der Waals surface area contributed by atoms with E-state index in [1.807, 2.05) is 40.7 Å². The molecule has 2 N–H and O–H groups in total. The van der Waals surface area contributed by atoms with E-state index in [2.05, 4.69) is 25.8 Å². The van der Waals surface area contributed by atoms with Gasteiger partial charge in [-0.3, -0.25) is 14.3 Å². The molecule has 148 valence electrons. The van der Waals surface area contributed by atoms with Crippen molar-refractivity contribution in [2.45, 2.75) is 41.2 Å². The maximum Gasteiger partial charge on any atom is 0.273 e. The molecular weight excluding hydrogens is 358 g/mol. The molecule has 0 fully saturated rings. The Bertz CT molecular complexity index is 1030. The van der Waals surface area contributed by atoms with E-state index in [9.17, 15) is 9.59 Å². The molecule has 0 atom stereocenters. The molecule has 9 heteroatoms. The Hall–Kier alpha value is -3.23. The Morgan fingerprint density at radius 3 is 2.64 bits per heavy atom. The highest BCUT2D eigenvalue weighted by Gasteiger charge is 2.21. The van der Waals surface area contributed by atoms with Gasteiger partial charge in [-0.2, -0.15) is 10.2 Å². The van der Waals surface area contributed by atoms with Gasteiger partial charge in [0.25, 0.3) is 11.8 Å². The van der Waals surface area contributed by atoms with Gasteiger partial charge >= 0.3 is 0 Å². The predicted molar refractivity (Wildman–Crippen MR) is 105 cm³/mol. The molecule has 9 nitrogen and oxygen atoms in total. The van der Waals surface area contributed by atoms with E-state index < -0.39 is 0 Å². The van der Waals surface area contributed by atoms with E-state index in [1.54, 1.807) is 15.4 Å². The molecular formula is C19H25N7O2. The molecule has 0 aliphatic carbocycles. The van der Waals surface area contributed by atoms with Gasteiger partial charge in [-0.25, -0.2) is 9.50 Å². The van der Waals surface area contributed by atoms with Crippen LogP contribution in [0.25, 0.3) is 5.65 Å². The minimum atomic E-state index is -0.388. The van der Waals surface area contributed by atoms with Crippen LogP contribution in [0.3, 0.4) is 0 Å². The van der Waals surface area contributed by atoms with Crippen LogP contribution in [0.4, 0.5) is 5.69 Å². The predicted octanol–water partition coefficient (Wildman–Crippen LogP) is 2.20. The number of carbonyl (C=O) groups excluding carboxylic acids is 2. The maximum atomic E-state index is 12.9. The third-order valence-corrected chi connectivity index (χ3v) is 4.24. The van der Waals surface area contributed by atoms with Crippen LogP contribution in [-0.2, 0) is 6.54 Å². The zero-order valence-corrected chi connectivity index (χ0v) is 16.8. The van der Waals surface area contributed by atoms with Crippen LogP contribution in [0.15, 0.2) is 18.5 Å². The first-order chi connectivity index (χ1) is 13.3. The summed E-state index contributed by atoms with van der Waals surface area (Å²) in [4.78, 5) is 29.8. The number of anilines is 1. The number of fused-ring (bicyclic) bond motifs is 1. The standard InChI is InChI=1S/C19H25N7O2/c1-6-25-10-15(16(24-25)19(28)20-8-11(2)3)23-18(27)14-9-21-26-13(5)7-12(4)22-17(14)26/h7,9-11H,6,8H2,1-5H3,(H,20,28)(H,23,27). The number of rotatable bonds is 6. The smallest absolute Gasteiger partial charge is 0.273 e. The number of aryl methyl sites for hydroxylation is 3. The number of amides is 2. The number of hydrogen-bond acceptors (Lipinski definition) is 5. The van der Waals surface area contributed by atoms with Gasteiger partial charge in [-0.05, 0) is 32.8 Å². The van der Waals surface area contributed by atoms with Crippen LogP contribution in [-0.4, -0.2) is 42.7 Å². The largest absolute Gasteiger partial charge is 0.350 e. The summed E-state index contributed by atoms with van der Waals surface area (Å²) >= 11 is 0. The molecule has 28 heavy (non-hydrogen) atoms. The monoisotopic (exact) mass is 383 g/mol. The fraction of sp³-hybridized carbons (Fsp3) is 0.421. The molecule has 3 heterocycles. The topological polar surface area (TPSA) is 106 Å². The third kappa shape index (κ3) is 3.88. The van der Waals surface area contributed by atoms with E-state index in [0.717, 1.165) is 11.4 Å². The lowest BCUT2D eigenvalue weighted by molar-refractivity contribution is 0.0944. The Balaban J connectivity index is 1.90. The molecule has 0 aliphatic rings. The van der Waals surface area contributed by atoms with Crippen molar-refractivity contribution in [1.82, 2.24) is 29.7 Å². The van der Waals surface area contributed by atoms with Gasteiger partial charge in [0.05, 0.1) is 11.9 Å². The quantitative estimate of drug-likeness (QED) is 0.679. The number of hydrogen-bond donors (Lipinski definition) is 2. The molecule has 0 bridgehead atoms. The SMILES string of the molecule is CCn1cc(NC(=O)c2cnn3c(C)cc(C)nc23)c(C(=O)NCC(C)C)n1. The average Bonchev–Trinajstić information content (AvgIpc) is 3.23. The first-order valence-corrected chi connectivity index (χ1v) is 9.29. The Morgan fingerprint density at radius 1 is 1.21 bits per heavy atom. The maximum absolute atomic E-state index is 12.9. The van der Waals surface area contributed by atoms with Gasteiger partial charge in [0.15, 0.2) is 11.3 Å². The van der Waals surface area contributed by atoms with Gasteiger partial charge in [0.1, 0.15) is 5.56 Å². The minimum Gasteiger partial charge on any atom is -0.350 e. The second-order valence-electron chi connectivity index (χ2n) is 7.14. The van der Waals surface area contributed by atoms with Crippen molar-refractivity contribution < 1.29 is 9.59 Å². The van der Waals surface area contributed by atoms with Crippen molar-refractivity contribution >= 4 is 23.1 Å². The number of aromatic nitrogens is 5. The summed E-state index contributed by atoms with van der Waals surface area (Å²) in [5.41, 5.74) is 3.04. The van der Waals surface area contributed by atoms with Crippen molar-refractivity contribution in [2.75, 3.05) is 11.9 Å². The Morgan fingerprint density at radius 2 is 1.96 bits per heavy atom. The van der Waals surface area contributed by atoms with Crippen molar-refractivity contribution in [1.29, 1.82) is 0 Å². The summed E-state index contributed by atoms with van der Waals surface area (Å²) < 4.78 is 3.23. The van der Waals surface area contributed by atoms with Crippen LogP contribution in [0, 0.1) is 19.8 Å². The molecule has 0 aromatic carbocycles. The van der Waals surface area contributed by atoms with Crippen molar-refractivity contribution in [2.24, 2.45) is 5.92 Å². The van der Waals surface area contributed by atoms with E-state index in [4.69, 9.17) is 0 Å². The molecule has 0 radical (unpaired) electrons. The zero-order chi connectivity index (χ0) is 20.4. The second-order valence-corrected chi connectivity index (χ2v) is 7.14. The summed E-state index contributed by atoms with van der Waals surface area (Å²) in [7, 11) is 0. The fourth-order valence-electron chi connectivity index (χ4n) is 2.84. The van der Waals surface area contributed by atoms with E-state index in [-0.39, 0.29) is 17.5 Å². The average molecular weight is 383 g/mol. The number of carbonyl (C=O) groups is 2. The first kappa shape index (κ1) is 19.5. The fourth-order valence-corrected chi connectivity index (χ4v) is 2.84. The summed E-state index contributed by atoms with van der Waals surface area (Å²) in [5, 5.41) is 14.2. The van der Waals surface area contributed by atoms with Gasteiger partial charge in [0, 0.05) is 30.7 Å². The zero-order valence-electron chi connectivity index (χ0n) is 16.8. The normalized spacial score (nSPS) is 11.2. The lowest BCUT2D eigenvalue weighted by Crippen LogP contribution is -2.28. The van der Waals surface area contributed by atoms with Gasteiger partial charge in [0.2, 0.25) is 0 Å². The number of nitrogens with zero attached hydrogens (tertiary/aromatic N) is 5. The highest BCUT2D eigenvalue weighted by molar-refractivity contribution is 6.10. The second kappa shape index (κ2) is 7.79.